The van der Waals surface area contributed by atoms with Crippen molar-refractivity contribution in [1.82, 2.24) is 5.32 Å². The lowest BCUT2D eigenvalue weighted by Crippen LogP contribution is -2.29. The molecule has 0 rings (SSSR count). The average molecular weight is 271 g/mol. The molecule has 0 aliphatic carbocycles. The van der Waals surface area contributed by atoms with Gasteiger partial charge in [-0.3, -0.25) is 0 Å². The average Bonchev–Trinajstić information content (AvgIpc) is 2.12. The highest BCUT2D eigenvalue weighted by molar-refractivity contribution is 8.00. The number of nitrogens with one attached hydrogen (secondary N) is 1. The third-order valence-corrected chi connectivity index (χ3v) is 3.42. The van der Waals surface area contributed by atoms with E-state index < -0.39 is 5.51 Å². The van der Waals surface area contributed by atoms with Crippen LogP contribution in [-0.4, -0.2) is 24.4 Å². The summed E-state index contributed by atoms with van der Waals surface area (Å²) in [7, 11) is 0. The summed E-state index contributed by atoms with van der Waals surface area (Å²) < 4.78 is 36.0. The molecule has 0 radical (unpaired) electrons. The second-order valence-electron chi connectivity index (χ2n) is 5.14. The van der Waals surface area contributed by atoms with Crippen LogP contribution >= 0.6 is 11.8 Å². The van der Waals surface area contributed by atoms with Crippen LogP contribution in [0, 0.1) is 17.8 Å². The zero-order valence-electron chi connectivity index (χ0n) is 11.1. The third kappa shape index (κ3) is 10.9. The number of rotatable bonds is 8. The fraction of sp³-hybridized carbons (Fsp3) is 1.00. The first-order valence-electron chi connectivity index (χ1n) is 6.13. The van der Waals surface area contributed by atoms with Gasteiger partial charge in [-0.1, -0.05) is 39.5 Å². The van der Waals surface area contributed by atoms with Gasteiger partial charge in [0.2, 0.25) is 0 Å². The van der Waals surface area contributed by atoms with Crippen molar-refractivity contribution in [2.45, 2.75) is 39.6 Å². The smallest absolute Gasteiger partial charge is 0.316 e. The Morgan fingerprint density at radius 1 is 1.06 bits per heavy atom. The van der Waals surface area contributed by atoms with Crippen LogP contribution < -0.4 is 5.32 Å². The maximum atomic E-state index is 12.0. The van der Waals surface area contributed by atoms with Gasteiger partial charge in [-0.15, -0.1) is 0 Å². The van der Waals surface area contributed by atoms with Gasteiger partial charge in [0.05, 0.1) is 0 Å². The van der Waals surface area contributed by atoms with Crippen molar-refractivity contribution in [2.24, 2.45) is 17.8 Å². The molecular formula is C12H24F3NS. The minimum Gasteiger partial charge on any atom is -0.316 e. The van der Waals surface area contributed by atoms with Gasteiger partial charge in [0.1, 0.15) is 0 Å². The Kier molecular flexibility index (Phi) is 8.29. The topological polar surface area (TPSA) is 12.0 Å². The van der Waals surface area contributed by atoms with Crippen LogP contribution in [0.25, 0.3) is 0 Å². The standard InChI is InChI=1S/C12H24F3NS/c1-9(2)7-16-8-11(10(3)4)5-6-17-12(13,14)15/h9-11,16H,5-8H2,1-4H3. The molecule has 5 heteroatoms. The lowest BCUT2D eigenvalue weighted by atomic mass is 9.93. The van der Waals surface area contributed by atoms with Crippen LogP contribution in [0.3, 0.4) is 0 Å². The molecule has 0 aliphatic rings. The van der Waals surface area contributed by atoms with Crippen molar-refractivity contribution in [1.29, 1.82) is 0 Å². The normalized spacial score (nSPS) is 14.6. The monoisotopic (exact) mass is 271 g/mol. The number of thioether (sulfide) groups is 1. The van der Waals surface area contributed by atoms with Crippen molar-refractivity contribution < 1.29 is 13.2 Å². The van der Waals surface area contributed by atoms with Crippen LogP contribution in [-0.2, 0) is 0 Å². The Morgan fingerprint density at radius 2 is 1.65 bits per heavy atom. The van der Waals surface area contributed by atoms with Crippen LogP contribution in [0.2, 0.25) is 0 Å². The molecule has 1 atom stereocenters. The molecule has 0 fully saturated rings. The van der Waals surface area contributed by atoms with E-state index in [9.17, 15) is 13.2 Å². The maximum Gasteiger partial charge on any atom is 0.441 e. The molecule has 0 aromatic carbocycles. The van der Waals surface area contributed by atoms with Gasteiger partial charge < -0.3 is 5.32 Å². The first kappa shape index (κ1) is 17.1. The quantitative estimate of drug-likeness (QED) is 0.712. The molecular weight excluding hydrogens is 247 g/mol. The van der Waals surface area contributed by atoms with Gasteiger partial charge >= 0.3 is 5.51 Å². The zero-order chi connectivity index (χ0) is 13.5. The largest absolute Gasteiger partial charge is 0.441 e. The number of halogens is 3. The minimum absolute atomic E-state index is 0.0913. The summed E-state index contributed by atoms with van der Waals surface area (Å²) in [6, 6.07) is 0. The molecule has 0 spiro atoms. The highest BCUT2D eigenvalue weighted by atomic mass is 32.2. The van der Waals surface area contributed by atoms with E-state index in [0.29, 0.717) is 24.2 Å². The van der Waals surface area contributed by atoms with Crippen LogP contribution in [0.4, 0.5) is 13.2 Å². The molecule has 0 aromatic heterocycles. The van der Waals surface area contributed by atoms with Gasteiger partial charge in [0.15, 0.2) is 0 Å². The van der Waals surface area contributed by atoms with Crippen molar-refractivity contribution in [3.63, 3.8) is 0 Å². The third-order valence-electron chi connectivity index (χ3n) is 2.66. The highest BCUT2D eigenvalue weighted by Crippen LogP contribution is 2.32. The van der Waals surface area contributed by atoms with E-state index in [-0.39, 0.29) is 17.5 Å². The summed E-state index contributed by atoms with van der Waals surface area (Å²) in [4.78, 5) is 0. The molecule has 104 valence electrons. The van der Waals surface area contributed by atoms with E-state index in [4.69, 9.17) is 0 Å². The molecule has 0 saturated carbocycles. The van der Waals surface area contributed by atoms with Crippen molar-refractivity contribution in [2.75, 3.05) is 18.8 Å². The Balaban J connectivity index is 3.83. The van der Waals surface area contributed by atoms with Crippen LogP contribution in [0.5, 0.6) is 0 Å². The lowest BCUT2D eigenvalue weighted by Gasteiger charge is -2.22. The van der Waals surface area contributed by atoms with E-state index in [1.54, 1.807) is 0 Å². The maximum absolute atomic E-state index is 12.0. The Bertz CT molecular complexity index is 193. The van der Waals surface area contributed by atoms with Crippen molar-refractivity contribution >= 4 is 11.8 Å². The predicted octanol–water partition coefficient (Wildman–Crippen LogP) is 4.15. The summed E-state index contributed by atoms with van der Waals surface area (Å²) in [5, 5.41) is 3.32. The van der Waals surface area contributed by atoms with E-state index >= 15 is 0 Å². The van der Waals surface area contributed by atoms with E-state index in [2.05, 4.69) is 33.0 Å². The Labute approximate surface area is 107 Å². The Hall–Kier alpha value is 0.100. The second-order valence-corrected chi connectivity index (χ2v) is 6.30. The minimum atomic E-state index is -4.09. The van der Waals surface area contributed by atoms with Gasteiger partial charge in [-0.2, -0.15) is 13.2 Å². The first-order chi connectivity index (χ1) is 7.72. The van der Waals surface area contributed by atoms with E-state index in [0.717, 1.165) is 13.1 Å². The molecule has 0 saturated heterocycles. The molecule has 1 N–H and O–H groups in total. The Morgan fingerprint density at radius 3 is 2.06 bits per heavy atom. The fourth-order valence-electron chi connectivity index (χ4n) is 1.55. The highest BCUT2D eigenvalue weighted by Gasteiger charge is 2.28. The fourth-order valence-corrected chi connectivity index (χ4v) is 2.21. The molecule has 0 bridgehead atoms. The van der Waals surface area contributed by atoms with Crippen LogP contribution in [0.15, 0.2) is 0 Å². The second kappa shape index (κ2) is 8.25. The zero-order valence-corrected chi connectivity index (χ0v) is 11.9. The van der Waals surface area contributed by atoms with Crippen molar-refractivity contribution in [3.05, 3.63) is 0 Å². The summed E-state index contributed by atoms with van der Waals surface area (Å²) in [5.41, 5.74) is -4.09. The van der Waals surface area contributed by atoms with E-state index in [1.165, 1.54) is 0 Å². The molecule has 0 aliphatic heterocycles. The molecule has 1 unspecified atom stereocenters. The summed E-state index contributed by atoms with van der Waals surface area (Å²) >= 11 is 0.0913. The predicted molar refractivity (Wildman–Crippen MR) is 69.2 cm³/mol. The summed E-state index contributed by atoms with van der Waals surface area (Å²) in [5.74, 6) is 1.48. The van der Waals surface area contributed by atoms with Gasteiger partial charge in [0.25, 0.3) is 0 Å². The lowest BCUT2D eigenvalue weighted by molar-refractivity contribution is -0.0328. The van der Waals surface area contributed by atoms with Crippen LogP contribution in [0.1, 0.15) is 34.1 Å². The molecule has 17 heavy (non-hydrogen) atoms. The number of hydrogen-bond acceptors (Lipinski definition) is 2. The van der Waals surface area contributed by atoms with E-state index in [1.807, 2.05) is 0 Å². The number of hydrogen-bond donors (Lipinski definition) is 1. The van der Waals surface area contributed by atoms with Gasteiger partial charge in [-0.25, -0.2) is 0 Å². The van der Waals surface area contributed by atoms with Gasteiger partial charge in [0, 0.05) is 5.75 Å². The molecule has 0 heterocycles. The SMILES string of the molecule is CC(C)CNCC(CCSC(F)(F)F)C(C)C. The first-order valence-corrected chi connectivity index (χ1v) is 7.12. The number of alkyl halides is 3. The summed E-state index contributed by atoms with van der Waals surface area (Å²) in [6.45, 7) is 10.1. The van der Waals surface area contributed by atoms with Gasteiger partial charge in [-0.05, 0) is 37.3 Å². The molecule has 1 nitrogen and oxygen atoms in total. The summed E-state index contributed by atoms with van der Waals surface area (Å²) in [6.07, 6.45) is 0.618. The van der Waals surface area contributed by atoms with Crippen molar-refractivity contribution in [3.8, 4) is 0 Å². The molecule has 0 aromatic rings. The molecule has 0 amide bonds.